The maximum Gasteiger partial charge on any atom is 0.245 e. The number of hydrogen-bond donors (Lipinski definition) is 2. The number of nitriles is 1. The van der Waals surface area contributed by atoms with E-state index >= 15 is 0 Å². The molecule has 6 nitrogen and oxygen atoms in total. The summed E-state index contributed by atoms with van der Waals surface area (Å²) in [5.74, 6) is 0.745. The van der Waals surface area contributed by atoms with Crippen LogP contribution in [0.15, 0.2) is 48.2 Å². The van der Waals surface area contributed by atoms with Crippen LogP contribution >= 0.6 is 11.3 Å². The number of fused-ring (bicyclic) bond motifs is 1. The van der Waals surface area contributed by atoms with Gasteiger partial charge >= 0.3 is 0 Å². The van der Waals surface area contributed by atoms with E-state index in [0.29, 0.717) is 17.9 Å². The quantitative estimate of drug-likeness (QED) is 0.627. The molecule has 33 heavy (non-hydrogen) atoms. The number of carbonyl (C=O) groups excluding carboxylic acids is 1. The smallest absolute Gasteiger partial charge is 0.245 e. The molecule has 0 radical (unpaired) electrons. The summed E-state index contributed by atoms with van der Waals surface area (Å²) in [5, 5.41) is 22.3. The van der Waals surface area contributed by atoms with Crippen molar-refractivity contribution in [3.05, 3.63) is 58.6 Å². The highest BCUT2D eigenvalue weighted by Crippen LogP contribution is 2.57. The summed E-state index contributed by atoms with van der Waals surface area (Å²) in [4.78, 5) is 17.4. The number of nitrogens with one attached hydrogen (secondary N) is 1. The van der Waals surface area contributed by atoms with Crippen LogP contribution in [0.5, 0.6) is 5.75 Å². The number of aliphatic hydroxyl groups excluding tert-OH is 1. The van der Waals surface area contributed by atoms with E-state index in [2.05, 4.69) is 36.5 Å². The van der Waals surface area contributed by atoms with E-state index in [0.717, 1.165) is 23.4 Å². The number of rotatable bonds is 7. The predicted molar refractivity (Wildman–Crippen MR) is 129 cm³/mol. The van der Waals surface area contributed by atoms with Crippen molar-refractivity contribution in [2.24, 2.45) is 11.3 Å². The third kappa shape index (κ3) is 4.59. The minimum absolute atomic E-state index is 0.00250. The molecule has 2 aromatic rings. The number of aromatic nitrogens is 1. The van der Waals surface area contributed by atoms with Gasteiger partial charge in [0.05, 0.1) is 11.7 Å². The molecule has 172 valence electrons. The molecule has 7 heteroatoms. The van der Waals surface area contributed by atoms with Crippen molar-refractivity contribution in [2.75, 3.05) is 13.2 Å². The van der Waals surface area contributed by atoms with Crippen LogP contribution in [-0.4, -0.2) is 35.3 Å². The van der Waals surface area contributed by atoms with Gasteiger partial charge in [0.15, 0.2) is 0 Å². The van der Waals surface area contributed by atoms with Gasteiger partial charge in [-0.15, -0.1) is 11.3 Å². The van der Waals surface area contributed by atoms with Crippen molar-refractivity contribution >= 4 is 17.2 Å². The first kappa shape index (κ1) is 23.2. The fourth-order valence-electron chi connectivity index (χ4n) is 4.97. The number of nitrogens with zero attached hydrogens (tertiary/aromatic N) is 2. The lowest BCUT2D eigenvalue weighted by Gasteiger charge is -2.36. The van der Waals surface area contributed by atoms with E-state index in [9.17, 15) is 10.1 Å². The fraction of sp³-hybridized carbons (Fsp3) is 0.423. The molecule has 2 aliphatic rings. The molecule has 1 fully saturated rings. The summed E-state index contributed by atoms with van der Waals surface area (Å²) in [7, 11) is 0. The third-order valence-electron chi connectivity index (χ3n) is 6.61. The van der Waals surface area contributed by atoms with Gasteiger partial charge in [-0.25, -0.2) is 4.98 Å². The Morgan fingerprint density at radius 1 is 1.45 bits per heavy atom. The number of thiazole rings is 1. The van der Waals surface area contributed by atoms with Crippen molar-refractivity contribution in [3.63, 3.8) is 0 Å². The molecule has 0 aliphatic heterocycles. The Hall–Kier alpha value is -2.95. The molecule has 0 saturated heterocycles. The van der Waals surface area contributed by atoms with E-state index < -0.39 is 6.61 Å². The highest BCUT2D eigenvalue weighted by Gasteiger charge is 2.46. The van der Waals surface area contributed by atoms with Gasteiger partial charge < -0.3 is 15.2 Å². The van der Waals surface area contributed by atoms with Crippen LogP contribution in [0.3, 0.4) is 0 Å². The molecule has 2 N–H and O–H groups in total. The van der Waals surface area contributed by atoms with E-state index in [1.807, 2.05) is 38.2 Å². The Bertz CT molecular complexity index is 1140. The monoisotopic (exact) mass is 463 g/mol. The molecular formula is C26H29N3O3S. The number of allylic oxidation sites excluding steroid dienone is 3. The van der Waals surface area contributed by atoms with Gasteiger partial charge in [-0.05, 0) is 50.8 Å². The molecule has 1 aromatic carbocycles. The van der Waals surface area contributed by atoms with Crippen LogP contribution in [-0.2, 0) is 4.79 Å². The Morgan fingerprint density at radius 3 is 3.00 bits per heavy atom. The van der Waals surface area contributed by atoms with Crippen LogP contribution in [0.25, 0.3) is 10.6 Å². The van der Waals surface area contributed by atoms with Gasteiger partial charge in [-0.2, -0.15) is 5.26 Å². The molecule has 1 amide bonds. The second kappa shape index (κ2) is 9.50. The molecule has 3 atom stereocenters. The molecular weight excluding hydrogens is 434 g/mol. The van der Waals surface area contributed by atoms with Crippen molar-refractivity contribution in [1.82, 2.24) is 10.3 Å². The summed E-state index contributed by atoms with van der Waals surface area (Å²) in [6.45, 7) is 6.25. The minimum Gasteiger partial charge on any atom is -0.490 e. The highest BCUT2D eigenvalue weighted by atomic mass is 32.1. The zero-order chi connectivity index (χ0) is 23.6. The topological polar surface area (TPSA) is 95.2 Å². The van der Waals surface area contributed by atoms with Crippen LogP contribution in [0.4, 0.5) is 0 Å². The van der Waals surface area contributed by atoms with Crippen LogP contribution in [0.2, 0.25) is 0 Å². The summed E-state index contributed by atoms with van der Waals surface area (Å²) >= 11 is 1.66. The number of ether oxygens (including phenoxy) is 1. The Labute approximate surface area is 198 Å². The van der Waals surface area contributed by atoms with Crippen molar-refractivity contribution in [3.8, 4) is 22.4 Å². The first-order chi connectivity index (χ1) is 15.9. The van der Waals surface area contributed by atoms with Crippen molar-refractivity contribution in [1.29, 1.82) is 5.26 Å². The molecule has 1 heterocycles. The number of aliphatic hydroxyl groups is 1. The Kier molecular flexibility index (Phi) is 6.68. The van der Waals surface area contributed by atoms with Crippen LogP contribution in [0, 0.1) is 22.7 Å². The van der Waals surface area contributed by atoms with Gasteiger partial charge in [0.1, 0.15) is 23.4 Å². The summed E-state index contributed by atoms with van der Waals surface area (Å²) in [5.41, 5.74) is 2.75. The largest absolute Gasteiger partial charge is 0.490 e. The summed E-state index contributed by atoms with van der Waals surface area (Å²) in [6.07, 6.45) is 10.5. The standard InChI is InChI=1S/C26H29N3O3S/c1-16(2)32-22-8-7-17(11-19(22)12-27)25-29-14-23(33-25)21-6-4-5-20-18(9-10-26(20,21)3)13-28-24(31)15-30/h4-8,11,14,16,18,21,30H,9-10,13,15H2,1-3H3,(H,28,31)/t18-,21?,26?/m1/s1. The zero-order valence-corrected chi connectivity index (χ0v) is 20.0. The second-order valence-electron chi connectivity index (χ2n) is 9.16. The number of hydrogen-bond acceptors (Lipinski definition) is 6. The highest BCUT2D eigenvalue weighted by molar-refractivity contribution is 7.15. The van der Waals surface area contributed by atoms with Gasteiger partial charge in [-0.3, -0.25) is 4.79 Å². The average Bonchev–Trinajstić information content (AvgIpc) is 3.41. The first-order valence-corrected chi connectivity index (χ1v) is 12.1. The zero-order valence-electron chi connectivity index (χ0n) is 19.2. The summed E-state index contributed by atoms with van der Waals surface area (Å²) in [6, 6.07) is 7.89. The number of benzene rings is 1. The van der Waals surface area contributed by atoms with Gasteiger partial charge in [-0.1, -0.05) is 30.7 Å². The van der Waals surface area contributed by atoms with Gasteiger partial charge in [0.2, 0.25) is 5.91 Å². The van der Waals surface area contributed by atoms with Crippen molar-refractivity contribution in [2.45, 2.75) is 45.6 Å². The van der Waals surface area contributed by atoms with Crippen molar-refractivity contribution < 1.29 is 14.6 Å². The molecule has 4 rings (SSSR count). The predicted octanol–water partition coefficient (Wildman–Crippen LogP) is 4.57. The molecule has 0 spiro atoms. The lowest BCUT2D eigenvalue weighted by molar-refractivity contribution is -0.123. The fourth-order valence-corrected chi connectivity index (χ4v) is 6.11. The molecule has 1 aromatic heterocycles. The second-order valence-corrected chi connectivity index (χ2v) is 10.2. The van der Waals surface area contributed by atoms with E-state index in [1.165, 1.54) is 10.5 Å². The minimum atomic E-state index is -0.479. The maximum atomic E-state index is 11.5. The van der Waals surface area contributed by atoms with Gasteiger partial charge in [0, 0.05) is 34.5 Å². The van der Waals surface area contributed by atoms with Crippen LogP contribution in [0.1, 0.15) is 50.0 Å². The molecule has 1 saturated carbocycles. The molecule has 2 aliphatic carbocycles. The average molecular weight is 464 g/mol. The normalized spacial score (nSPS) is 23.7. The first-order valence-electron chi connectivity index (χ1n) is 11.3. The third-order valence-corrected chi connectivity index (χ3v) is 7.74. The van der Waals surface area contributed by atoms with E-state index in [-0.39, 0.29) is 29.3 Å². The molecule has 2 unspecified atom stereocenters. The van der Waals surface area contributed by atoms with Crippen LogP contribution < -0.4 is 10.1 Å². The Balaban J connectivity index is 1.56. The lowest BCUT2D eigenvalue weighted by atomic mass is 9.69. The van der Waals surface area contributed by atoms with Gasteiger partial charge in [0.25, 0.3) is 0 Å². The molecule has 0 bridgehead atoms. The number of carbonyl (C=O) groups is 1. The SMILES string of the molecule is CC(C)Oc1ccc(-c2ncc(C3C=CC=C4[C@@H](CNC(=O)CO)CCC43C)s2)cc1C#N. The van der Waals surface area contributed by atoms with E-state index in [4.69, 9.17) is 14.8 Å². The Morgan fingerprint density at radius 2 is 2.27 bits per heavy atom. The van der Waals surface area contributed by atoms with E-state index in [1.54, 1.807) is 11.3 Å². The lowest BCUT2D eigenvalue weighted by Crippen LogP contribution is -2.33. The maximum absolute atomic E-state index is 11.5. The number of amides is 1. The summed E-state index contributed by atoms with van der Waals surface area (Å²) < 4.78 is 5.74.